The van der Waals surface area contributed by atoms with E-state index in [1.807, 2.05) is 0 Å². The average molecular weight is 447 g/mol. The molecule has 4 nitrogen and oxygen atoms in total. The van der Waals surface area contributed by atoms with Crippen LogP contribution in [0.4, 0.5) is 0 Å². The molecular weight excluding hydrogens is 432 g/mol. The Labute approximate surface area is 131 Å². The van der Waals surface area contributed by atoms with Crippen molar-refractivity contribution in [2.45, 2.75) is 31.1 Å². The highest BCUT2D eigenvalue weighted by molar-refractivity contribution is 9.10. The van der Waals surface area contributed by atoms with Crippen LogP contribution in [0.15, 0.2) is 14.1 Å². The van der Waals surface area contributed by atoms with E-state index in [2.05, 4.69) is 47.8 Å². The zero-order valence-corrected chi connectivity index (χ0v) is 14.8. The van der Waals surface area contributed by atoms with Gasteiger partial charge in [0.15, 0.2) is 0 Å². The van der Waals surface area contributed by atoms with Crippen LogP contribution in [0.1, 0.15) is 25.0 Å². The van der Waals surface area contributed by atoms with Crippen LogP contribution in [0.3, 0.4) is 0 Å². The summed E-state index contributed by atoms with van der Waals surface area (Å²) in [6.07, 6.45) is 3.07. The molecule has 102 valence electrons. The van der Waals surface area contributed by atoms with Gasteiger partial charge >= 0.3 is 5.69 Å². The molecule has 0 aliphatic carbocycles. The van der Waals surface area contributed by atoms with Crippen LogP contribution in [0.2, 0.25) is 0 Å². The van der Waals surface area contributed by atoms with E-state index >= 15 is 0 Å². The third-order valence-electron chi connectivity index (χ3n) is 2.73. The molecular formula is C11H15Br3N2O2. The van der Waals surface area contributed by atoms with E-state index in [9.17, 15) is 9.59 Å². The first kappa shape index (κ1) is 16.2. The van der Waals surface area contributed by atoms with Crippen LogP contribution in [0.5, 0.6) is 0 Å². The molecule has 7 heteroatoms. The summed E-state index contributed by atoms with van der Waals surface area (Å²) in [5.74, 6) is 0. The molecule has 0 aliphatic heterocycles. The lowest BCUT2D eigenvalue weighted by Gasteiger charge is -2.14. The highest BCUT2D eigenvalue weighted by Crippen LogP contribution is 2.14. The highest BCUT2D eigenvalue weighted by Gasteiger charge is 2.14. The van der Waals surface area contributed by atoms with Crippen LogP contribution in [0.25, 0.3) is 0 Å². The minimum Gasteiger partial charge on any atom is -0.296 e. The topological polar surface area (TPSA) is 44.0 Å². The van der Waals surface area contributed by atoms with Crippen molar-refractivity contribution in [2.75, 3.05) is 5.33 Å². The summed E-state index contributed by atoms with van der Waals surface area (Å²) < 4.78 is 3.26. The molecule has 0 spiro atoms. The summed E-state index contributed by atoms with van der Waals surface area (Å²) in [6.45, 7) is 0.638. The third-order valence-corrected chi connectivity index (χ3v) is 4.62. The smallest absolute Gasteiger partial charge is 0.296 e. The first-order chi connectivity index (χ1) is 8.54. The molecule has 1 rings (SSSR count). The van der Waals surface area contributed by atoms with Crippen molar-refractivity contribution >= 4 is 47.8 Å². The SMILES string of the molecule is Cn1c(=O)c(Br)c(CBr)n(CCCCCBr)c1=O. The molecule has 0 unspecified atom stereocenters. The lowest BCUT2D eigenvalue weighted by molar-refractivity contribution is 0.536. The quantitative estimate of drug-likeness (QED) is 0.498. The molecule has 1 heterocycles. The fourth-order valence-corrected chi connectivity index (χ4v) is 3.65. The monoisotopic (exact) mass is 444 g/mol. The predicted molar refractivity (Wildman–Crippen MR) is 83.9 cm³/mol. The van der Waals surface area contributed by atoms with Gasteiger partial charge < -0.3 is 0 Å². The van der Waals surface area contributed by atoms with Crippen molar-refractivity contribution in [3.05, 3.63) is 31.0 Å². The van der Waals surface area contributed by atoms with Crippen LogP contribution in [0, 0.1) is 0 Å². The van der Waals surface area contributed by atoms with Crippen molar-refractivity contribution < 1.29 is 0 Å². The van der Waals surface area contributed by atoms with Gasteiger partial charge in [0.1, 0.15) is 4.47 Å². The summed E-state index contributed by atoms with van der Waals surface area (Å²) in [5, 5.41) is 1.46. The summed E-state index contributed by atoms with van der Waals surface area (Å²) in [6, 6.07) is 0. The lowest BCUT2D eigenvalue weighted by atomic mass is 10.2. The predicted octanol–water partition coefficient (Wildman–Crippen LogP) is 2.77. The molecule has 0 fully saturated rings. The number of halogens is 3. The van der Waals surface area contributed by atoms with Gasteiger partial charge in [-0.25, -0.2) is 4.79 Å². The van der Waals surface area contributed by atoms with Crippen LogP contribution >= 0.6 is 47.8 Å². The number of rotatable bonds is 6. The number of hydrogen-bond acceptors (Lipinski definition) is 2. The van der Waals surface area contributed by atoms with Gasteiger partial charge in [-0.1, -0.05) is 38.3 Å². The van der Waals surface area contributed by atoms with Crippen molar-refractivity contribution in [1.29, 1.82) is 0 Å². The summed E-state index contributed by atoms with van der Waals surface area (Å²) >= 11 is 9.98. The fraction of sp³-hybridized carbons (Fsp3) is 0.636. The standard InChI is InChI=1S/C11H15Br3N2O2/c1-15-10(17)9(14)8(7-13)16(11(15)18)6-4-2-3-5-12/h2-7H2,1H3. The molecule has 0 radical (unpaired) electrons. The Balaban J connectivity index is 3.10. The minimum atomic E-state index is -0.286. The Morgan fingerprint density at radius 3 is 2.33 bits per heavy atom. The van der Waals surface area contributed by atoms with Gasteiger partial charge in [0, 0.05) is 24.3 Å². The molecule has 0 atom stereocenters. The maximum absolute atomic E-state index is 12.1. The second-order valence-corrected chi connectivity index (χ2v) is 6.09. The molecule has 18 heavy (non-hydrogen) atoms. The fourth-order valence-electron chi connectivity index (χ4n) is 1.68. The Hall–Kier alpha value is 0.120. The largest absolute Gasteiger partial charge is 0.331 e. The van der Waals surface area contributed by atoms with E-state index < -0.39 is 0 Å². The number of unbranched alkanes of at least 4 members (excludes halogenated alkanes) is 2. The molecule has 0 bridgehead atoms. The second-order valence-electron chi connectivity index (χ2n) is 3.94. The molecule has 1 aromatic rings. The molecule has 0 aromatic carbocycles. The van der Waals surface area contributed by atoms with Crippen molar-refractivity contribution in [2.24, 2.45) is 7.05 Å². The van der Waals surface area contributed by atoms with E-state index in [1.54, 1.807) is 4.57 Å². The van der Waals surface area contributed by atoms with E-state index in [4.69, 9.17) is 0 Å². The Morgan fingerprint density at radius 2 is 1.78 bits per heavy atom. The maximum Gasteiger partial charge on any atom is 0.331 e. The van der Waals surface area contributed by atoms with Crippen LogP contribution < -0.4 is 11.2 Å². The lowest BCUT2D eigenvalue weighted by Crippen LogP contribution is -2.40. The molecule has 0 saturated heterocycles. The summed E-state index contributed by atoms with van der Waals surface area (Å²) in [4.78, 5) is 23.8. The number of nitrogens with zero attached hydrogens (tertiary/aromatic N) is 2. The normalized spacial score (nSPS) is 10.9. The third kappa shape index (κ3) is 3.57. The van der Waals surface area contributed by atoms with Crippen molar-refractivity contribution in [1.82, 2.24) is 9.13 Å². The maximum atomic E-state index is 12.1. The van der Waals surface area contributed by atoms with E-state index in [-0.39, 0.29) is 11.2 Å². The number of aromatic nitrogens is 2. The molecule has 0 N–H and O–H groups in total. The summed E-state index contributed by atoms with van der Waals surface area (Å²) in [5.41, 5.74) is 0.171. The Bertz CT molecular complexity index is 522. The van der Waals surface area contributed by atoms with Crippen molar-refractivity contribution in [3.63, 3.8) is 0 Å². The highest BCUT2D eigenvalue weighted by atomic mass is 79.9. The van der Waals surface area contributed by atoms with Gasteiger partial charge in [0.25, 0.3) is 5.56 Å². The molecule has 0 amide bonds. The number of alkyl halides is 2. The second kappa shape index (κ2) is 7.65. The Kier molecular flexibility index (Phi) is 6.87. The number of hydrogen-bond donors (Lipinski definition) is 0. The van der Waals surface area contributed by atoms with E-state index in [1.165, 1.54) is 7.05 Å². The Morgan fingerprint density at radius 1 is 1.11 bits per heavy atom. The average Bonchev–Trinajstić information content (AvgIpc) is 2.38. The zero-order chi connectivity index (χ0) is 13.7. The molecule has 0 aliphatic rings. The van der Waals surface area contributed by atoms with Gasteiger partial charge in [0.2, 0.25) is 0 Å². The zero-order valence-electron chi connectivity index (χ0n) is 10.1. The van der Waals surface area contributed by atoms with Gasteiger partial charge in [-0.15, -0.1) is 0 Å². The molecule has 1 aromatic heterocycles. The van der Waals surface area contributed by atoms with E-state index in [0.29, 0.717) is 22.0 Å². The van der Waals surface area contributed by atoms with Gasteiger partial charge in [-0.05, 0) is 28.8 Å². The molecule has 0 saturated carbocycles. The van der Waals surface area contributed by atoms with Crippen LogP contribution in [-0.4, -0.2) is 14.5 Å². The van der Waals surface area contributed by atoms with Gasteiger partial charge in [-0.2, -0.15) is 0 Å². The van der Waals surface area contributed by atoms with Crippen molar-refractivity contribution in [3.8, 4) is 0 Å². The summed E-state index contributed by atoms with van der Waals surface area (Å²) in [7, 11) is 1.50. The van der Waals surface area contributed by atoms with E-state index in [0.717, 1.165) is 29.2 Å². The minimum absolute atomic E-state index is 0.253. The van der Waals surface area contributed by atoms with Gasteiger partial charge in [-0.3, -0.25) is 13.9 Å². The first-order valence-electron chi connectivity index (χ1n) is 5.64. The van der Waals surface area contributed by atoms with Gasteiger partial charge in [0.05, 0.1) is 5.69 Å². The van der Waals surface area contributed by atoms with Crippen LogP contribution in [-0.2, 0) is 18.9 Å². The first-order valence-corrected chi connectivity index (χ1v) is 8.68.